The Hall–Kier alpha value is -2.59. The van der Waals surface area contributed by atoms with Gasteiger partial charge in [-0.05, 0) is 43.2 Å². The van der Waals surface area contributed by atoms with Crippen LogP contribution in [0.5, 0.6) is 5.75 Å². The molecule has 0 saturated heterocycles. The fraction of sp³-hybridized carbons (Fsp3) is 0.158. The van der Waals surface area contributed by atoms with Crippen molar-refractivity contribution in [2.24, 2.45) is 0 Å². The van der Waals surface area contributed by atoms with E-state index in [2.05, 4.69) is 0 Å². The number of carbonyl (C=O) groups is 1. The van der Waals surface area contributed by atoms with Gasteiger partial charge in [-0.25, -0.2) is 4.79 Å². The maximum Gasteiger partial charge on any atom is 0.343 e. The monoisotopic (exact) mass is 342 g/mol. The Morgan fingerprint density at radius 2 is 1.83 bits per heavy atom. The Kier molecular flexibility index (Phi) is 4.40. The molecular formula is C19H15ClO4. The normalized spacial score (nSPS) is 12.2. The van der Waals surface area contributed by atoms with E-state index in [0.29, 0.717) is 10.4 Å². The average Bonchev–Trinajstić information content (AvgIpc) is 2.55. The van der Waals surface area contributed by atoms with E-state index in [4.69, 9.17) is 16.0 Å². The van der Waals surface area contributed by atoms with Gasteiger partial charge in [-0.15, -0.1) is 0 Å². The second kappa shape index (κ2) is 6.49. The second-order valence-corrected chi connectivity index (χ2v) is 6.08. The van der Waals surface area contributed by atoms with E-state index in [0.717, 1.165) is 5.56 Å². The summed E-state index contributed by atoms with van der Waals surface area (Å²) in [5.41, 5.74) is 0.431. The van der Waals surface area contributed by atoms with Gasteiger partial charge in [-0.3, -0.25) is 4.79 Å². The largest absolute Gasteiger partial charge is 0.507 e. The first-order chi connectivity index (χ1) is 11.5. The number of benzene rings is 2. The van der Waals surface area contributed by atoms with Crippen LogP contribution in [0.1, 0.15) is 24.0 Å². The summed E-state index contributed by atoms with van der Waals surface area (Å²) in [6.07, 6.45) is 0.281. The number of hydrogen-bond acceptors (Lipinski definition) is 4. The molecule has 1 heterocycles. The van der Waals surface area contributed by atoms with Crippen molar-refractivity contribution < 1.29 is 14.3 Å². The average molecular weight is 343 g/mol. The molecule has 3 rings (SSSR count). The molecule has 0 fully saturated rings. The maximum atomic E-state index is 12.3. The van der Waals surface area contributed by atoms with Crippen LogP contribution in [0, 0.1) is 0 Å². The predicted molar refractivity (Wildman–Crippen MR) is 92.7 cm³/mol. The molecule has 0 aliphatic heterocycles. The van der Waals surface area contributed by atoms with E-state index < -0.39 is 11.5 Å². The molecule has 4 nitrogen and oxygen atoms in total. The minimum Gasteiger partial charge on any atom is -0.507 e. The predicted octanol–water partition coefficient (Wildman–Crippen LogP) is 4.07. The molecule has 3 aromatic rings. The third-order valence-corrected chi connectivity index (χ3v) is 4.26. The van der Waals surface area contributed by atoms with Gasteiger partial charge in [0.15, 0.2) is 0 Å². The maximum absolute atomic E-state index is 12.3. The lowest BCUT2D eigenvalue weighted by molar-refractivity contribution is -0.118. The molecule has 2 aromatic carbocycles. The molecule has 0 spiro atoms. The summed E-state index contributed by atoms with van der Waals surface area (Å²) in [6, 6.07) is 13.7. The highest BCUT2D eigenvalue weighted by Gasteiger charge is 2.26. The van der Waals surface area contributed by atoms with Crippen molar-refractivity contribution in [2.45, 2.75) is 19.3 Å². The third kappa shape index (κ3) is 3.05. The molecule has 24 heavy (non-hydrogen) atoms. The number of rotatable bonds is 4. The Labute approximate surface area is 143 Å². The summed E-state index contributed by atoms with van der Waals surface area (Å²) in [6.45, 7) is 1.40. The summed E-state index contributed by atoms with van der Waals surface area (Å²) in [5, 5.41) is 11.5. The fourth-order valence-corrected chi connectivity index (χ4v) is 2.89. The van der Waals surface area contributed by atoms with Crippen LogP contribution in [0.2, 0.25) is 5.02 Å². The van der Waals surface area contributed by atoms with Crippen LogP contribution >= 0.6 is 11.6 Å². The van der Waals surface area contributed by atoms with E-state index in [1.165, 1.54) is 6.92 Å². The quantitative estimate of drug-likeness (QED) is 0.726. The Morgan fingerprint density at radius 1 is 1.17 bits per heavy atom. The standard InChI is InChI=1S/C19H15ClO4/c1-11(21)15(10-12-6-8-13(20)9-7-12)17-18(22)14-4-2-3-5-16(14)24-19(17)23/h2-9,15,22H,10H2,1H3. The van der Waals surface area contributed by atoms with E-state index >= 15 is 0 Å². The van der Waals surface area contributed by atoms with E-state index in [1.54, 1.807) is 48.5 Å². The Morgan fingerprint density at radius 3 is 2.50 bits per heavy atom. The molecule has 1 unspecified atom stereocenters. The van der Waals surface area contributed by atoms with Gasteiger partial charge in [0.2, 0.25) is 0 Å². The van der Waals surface area contributed by atoms with E-state index in [-0.39, 0.29) is 29.1 Å². The molecule has 5 heteroatoms. The van der Waals surface area contributed by atoms with Gasteiger partial charge in [0.25, 0.3) is 0 Å². The van der Waals surface area contributed by atoms with Gasteiger partial charge in [0.05, 0.1) is 16.9 Å². The van der Waals surface area contributed by atoms with Crippen LogP contribution in [0.15, 0.2) is 57.7 Å². The van der Waals surface area contributed by atoms with Gasteiger partial charge in [0, 0.05) is 5.02 Å². The van der Waals surface area contributed by atoms with Gasteiger partial charge >= 0.3 is 5.63 Å². The fourth-order valence-electron chi connectivity index (χ4n) is 2.76. The molecule has 1 N–H and O–H groups in total. The number of hydrogen-bond donors (Lipinski definition) is 1. The van der Waals surface area contributed by atoms with E-state index in [9.17, 15) is 14.7 Å². The molecule has 1 aromatic heterocycles. The summed E-state index contributed by atoms with van der Waals surface area (Å²) in [4.78, 5) is 24.5. The first-order valence-corrected chi connectivity index (χ1v) is 7.84. The summed E-state index contributed by atoms with van der Waals surface area (Å²) in [5.74, 6) is -1.20. The topological polar surface area (TPSA) is 67.5 Å². The highest BCUT2D eigenvalue weighted by atomic mass is 35.5. The van der Waals surface area contributed by atoms with Gasteiger partial charge in [-0.2, -0.15) is 0 Å². The Balaban J connectivity index is 2.12. The molecule has 1 atom stereocenters. The zero-order valence-corrected chi connectivity index (χ0v) is 13.7. The number of Topliss-reactive ketones (excluding diaryl/α,β-unsaturated/α-hetero) is 1. The van der Waals surface area contributed by atoms with Crippen molar-refractivity contribution in [1.82, 2.24) is 0 Å². The van der Waals surface area contributed by atoms with Crippen molar-refractivity contribution in [1.29, 1.82) is 0 Å². The van der Waals surface area contributed by atoms with Gasteiger partial charge in [-0.1, -0.05) is 35.9 Å². The zero-order chi connectivity index (χ0) is 17.3. The van der Waals surface area contributed by atoms with Crippen LogP contribution in [-0.4, -0.2) is 10.9 Å². The Bertz CT molecular complexity index is 957. The lowest BCUT2D eigenvalue weighted by atomic mass is 9.89. The number of ketones is 1. The summed E-state index contributed by atoms with van der Waals surface area (Å²) < 4.78 is 5.27. The molecule has 0 aliphatic carbocycles. The van der Waals surface area contributed by atoms with Crippen molar-refractivity contribution >= 4 is 28.4 Å². The second-order valence-electron chi connectivity index (χ2n) is 5.64. The summed E-state index contributed by atoms with van der Waals surface area (Å²) >= 11 is 5.87. The lowest BCUT2D eigenvalue weighted by Gasteiger charge is -2.15. The molecule has 0 bridgehead atoms. The smallest absolute Gasteiger partial charge is 0.343 e. The van der Waals surface area contributed by atoms with Crippen LogP contribution in [-0.2, 0) is 11.2 Å². The molecule has 0 radical (unpaired) electrons. The molecular weight excluding hydrogens is 328 g/mol. The summed E-state index contributed by atoms with van der Waals surface area (Å²) in [7, 11) is 0. The third-order valence-electron chi connectivity index (χ3n) is 4.01. The van der Waals surface area contributed by atoms with Crippen molar-refractivity contribution in [3.63, 3.8) is 0 Å². The first kappa shape index (κ1) is 16.3. The van der Waals surface area contributed by atoms with E-state index in [1.807, 2.05) is 0 Å². The number of carbonyl (C=O) groups excluding carboxylic acids is 1. The number of fused-ring (bicyclic) bond motifs is 1. The van der Waals surface area contributed by atoms with Gasteiger partial charge in [0.1, 0.15) is 17.1 Å². The highest BCUT2D eigenvalue weighted by molar-refractivity contribution is 6.30. The SMILES string of the molecule is CC(=O)C(Cc1ccc(Cl)cc1)c1c(O)c2ccccc2oc1=O. The minimum absolute atomic E-state index is 0.00356. The van der Waals surface area contributed by atoms with Crippen LogP contribution in [0.4, 0.5) is 0 Å². The lowest BCUT2D eigenvalue weighted by Crippen LogP contribution is -2.20. The van der Waals surface area contributed by atoms with Crippen LogP contribution < -0.4 is 5.63 Å². The van der Waals surface area contributed by atoms with Gasteiger partial charge < -0.3 is 9.52 Å². The first-order valence-electron chi connectivity index (χ1n) is 7.47. The molecule has 0 amide bonds. The molecule has 0 saturated carbocycles. The molecule has 122 valence electrons. The number of aromatic hydroxyl groups is 1. The van der Waals surface area contributed by atoms with Crippen molar-refractivity contribution in [2.75, 3.05) is 0 Å². The number of para-hydroxylation sites is 1. The van der Waals surface area contributed by atoms with Crippen molar-refractivity contribution in [3.8, 4) is 5.75 Å². The minimum atomic E-state index is -0.785. The number of halogens is 1. The molecule has 0 aliphatic rings. The highest BCUT2D eigenvalue weighted by Crippen LogP contribution is 2.33. The van der Waals surface area contributed by atoms with Crippen LogP contribution in [0.25, 0.3) is 11.0 Å². The van der Waals surface area contributed by atoms with Crippen molar-refractivity contribution in [3.05, 3.63) is 75.1 Å². The van der Waals surface area contributed by atoms with Crippen LogP contribution in [0.3, 0.4) is 0 Å². The zero-order valence-electron chi connectivity index (χ0n) is 13.0.